The van der Waals surface area contributed by atoms with Gasteiger partial charge in [0, 0.05) is 43.1 Å². The van der Waals surface area contributed by atoms with Crippen LogP contribution in [0.2, 0.25) is 0 Å². The van der Waals surface area contributed by atoms with E-state index in [-0.39, 0.29) is 17.5 Å². The van der Waals surface area contributed by atoms with Crippen LogP contribution in [-0.4, -0.2) is 40.5 Å². The lowest BCUT2D eigenvalue weighted by atomic mass is 10.1. The van der Waals surface area contributed by atoms with Crippen LogP contribution in [0.4, 0.5) is 5.95 Å². The van der Waals surface area contributed by atoms with Crippen LogP contribution in [0.5, 0.6) is 0 Å². The molecule has 1 aromatic rings. The molecule has 0 aromatic carbocycles. The van der Waals surface area contributed by atoms with Gasteiger partial charge in [-0.2, -0.15) is 0 Å². The van der Waals surface area contributed by atoms with Gasteiger partial charge in [0.05, 0.1) is 0 Å². The van der Waals surface area contributed by atoms with Gasteiger partial charge < -0.3 is 15.5 Å². The maximum Gasteiger partial charge on any atom is 0.242 e. The van der Waals surface area contributed by atoms with Gasteiger partial charge in [-0.15, -0.1) is 0 Å². The van der Waals surface area contributed by atoms with E-state index < -0.39 is 0 Å². The summed E-state index contributed by atoms with van der Waals surface area (Å²) in [6, 6.07) is -0.220. The summed E-state index contributed by atoms with van der Waals surface area (Å²) < 4.78 is 0. The number of carbonyl (C=O) groups excluding carboxylic acids is 1. The summed E-state index contributed by atoms with van der Waals surface area (Å²) in [5.74, 6) is 0.644. The van der Waals surface area contributed by atoms with Crippen molar-refractivity contribution in [2.24, 2.45) is 0 Å². The van der Waals surface area contributed by atoms with Crippen molar-refractivity contribution in [1.82, 2.24) is 20.6 Å². The Bertz CT molecular complexity index is 465. The molecule has 1 amide bonds. The van der Waals surface area contributed by atoms with Gasteiger partial charge in [0.2, 0.25) is 11.9 Å². The second kappa shape index (κ2) is 5.75. The molecule has 1 atom stereocenters. The number of nitrogens with zero attached hydrogens (tertiary/aromatic N) is 3. The number of anilines is 1. The fourth-order valence-corrected chi connectivity index (χ4v) is 2.01. The van der Waals surface area contributed by atoms with Crippen molar-refractivity contribution in [3.05, 3.63) is 18.0 Å². The molecule has 20 heavy (non-hydrogen) atoms. The number of aromatic nitrogens is 2. The van der Waals surface area contributed by atoms with E-state index in [4.69, 9.17) is 0 Å². The number of nitrogens with one attached hydrogen (secondary N) is 2. The van der Waals surface area contributed by atoms with Crippen LogP contribution in [0.15, 0.2) is 12.4 Å². The Labute approximate surface area is 120 Å². The first-order chi connectivity index (χ1) is 9.37. The highest BCUT2D eigenvalue weighted by Gasteiger charge is 2.27. The Morgan fingerprint density at radius 1 is 1.40 bits per heavy atom. The molecule has 6 nitrogen and oxygen atoms in total. The van der Waals surface area contributed by atoms with Crippen molar-refractivity contribution in [2.75, 3.05) is 18.0 Å². The Balaban J connectivity index is 2.02. The van der Waals surface area contributed by atoms with Crippen molar-refractivity contribution in [3.8, 4) is 0 Å². The third-order valence-corrected chi connectivity index (χ3v) is 3.27. The number of piperazine rings is 1. The quantitative estimate of drug-likeness (QED) is 0.850. The molecule has 0 aliphatic carbocycles. The zero-order valence-corrected chi connectivity index (χ0v) is 12.6. The number of rotatable bonds is 3. The Kier molecular flexibility index (Phi) is 4.23. The van der Waals surface area contributed by atoms with Gasteiger partial charge in [-0.25, -0.2) is 9.97 Å². The molecule has 6 heteroatoms. The molecule has 1 saturated heterocycles. The first-order valence-electron chi connectivity index (χ1n) is 6.97. The van der Waals surface area contributed by atoms with E-state index in [1.54, 1.807) is 0 Å². The van der Waals surface area contributed by atoms with Crippen LogP contribution in [0, 0.1) is 0 Å². The molecular weight excluding hydrogens is 254 g/mol. The number of amides is 1. The Hall–Kier alpha value is -1.69. The SMILES string of the molecule is CC1C(=O)NCCN1c1ncc(CNC(C)(C)C)cn1. The smallest absolute Gasteiger partial charge is 0.242 e. The van der Waals surface area contributed by atoms with Crippen molar-refractivity contribution in [3.63, 3.8) is 0 Å². The Morgan fingerprint density at radius 3 is 2.65 bits per heavy atom. The highest BCUT2D eigenvalue weighted by atomic mass is 16.2. The highest BCUT2D eigenvalue weighted by molar-refractivity contribution is 5.85. The van der Waals surface area contributed by atoms with E-state index in [1.165, 1.54) is 0 Å². The number of hydrogen-bond donors (Lipinski definition) is 2. The zero-order valence-electron chi connectivity index (χ0n) is 12.6. The highest BCUT2D eigenvalue weighted by Crippen LogP contribution is 2.13. The maximum atomic E-state index is 11.6. The predicted octanol–water partition coefficient (Wildman–Crippen LogP) is 0.689. The normalized spacial score (nSPS) is 19.9. The van der Waals surface area contributed by atoms with Gasteiger partial charge in [-0.05, 0) is 27.7 Å². The van der Waals surface area contributed by atoms with Gasteiger partial charge in [0.25, 0.3) is 0 Å². The lowest BCUT2D eigenvalue weighted by Gasteiger charge is -2.32. The molecule has 0 spiro atoms. The molecule has 1 aliphatic rings. The zero-order chi connectivity index (χ0) is 14.8. The van der Waals surface area contributed by atoms with Crippen LogP contribution in [-0.2, 0) is 11.3 Å². The second-order valence-corrected chi connectivity index (χ2v) is 6.16. The van der Waals surface area contributed by atoms with Gasteiger partial charge >= 0.3 is 0 Å². The molecule has 110 valence electrons. The minimum atomic E-state index is -0.220. The minimum Gasteiger partial charge on any atom is -0.353 e. The number of hydrogen-bond acceptors (Lipinski definition) is 5. The molecule has 0 saturated carbocycles. The third-order valence-electron chi connectivity index (χ3n) is 3.27. The van der Waals surface area contributed by atoms with E-state index in [2.05, 4.69) is 41.4 Å². The predicted molar refractivity (Wildman–Crippen MR) is 78.4 cm³/mol. The lowest BCUT2D eigenvalue weighted by Crippen LogP contribution is -2.54. The van der Waals surface area contributed by atoms with E-state index in [9.17, 15) is 4.79 Å². The molecule has 0 radical (unpaired) electrons. The summed E-state index contributed by atoms with van der Waals surface area (Å²) in [7, 11) is 0. The van der Waals surface area contributed by atoms with E-state index >= 15 is 0 Å². The lowest BCUT2D eigenvalue weighted by molar-refractivity contribution is -0.122. The molecule has 1 aliphatic heterocycles. The monoisotopic (exact) mass is 277 g/mol. The van der Waals surface area contributed by atoms with Gasteiger partial charge in [-0.1, -0.05) is 0 Å². The summed E-state index contributed by atoms with van der Waals surface area (Å²) >= 11 is 0. The van der Waals surface area contributed by atoms with Crippen molar-refractivity contribution < 1.29 is 4.79 Å². The fraction of sp³-hybridized carbons (Fsp3) is 0.643. The van der Waals surface area contributed by atoms with Gasteiger partial charge in [0.15, 0.2) is 0 Å². The first-order valence-corrected chi connectivity index (χ1v) is 6.97. The van der Waals surface area contributed by atoms with E-state index in [1.807, 2.05) is 24.2 Å². The Morgan fingerprint density at radius 2 is 2.05 bits per heavy atom. The first kappa shape index (κ1) is 14.7. The molecule has 0 bridgehead atoms. The van der Waals surface area contributed by atoms with Crippen molar-refractivity contribution in [1.29, 1.82) is 0 Å². The van der Waals surface area contributed by atoms with Crippen LogP contribution in [0.1, 0.15) is 33.3 Å². The summed E-state index contributed by atoms with van der Waals surface area (Å²) in [5, 5.41) is 6.23. The summed E-state index contributed by atoms with van der Waals surface area (Å²) in [6.07, 6.45) is 3.64. The maximum absolute atomic E-state index is 11.6. The minimum absolute atomic E-state index is 0.0262. The van der Waals surface area contributed by atoms with E-state index in [0.717, 1.165) is 18.7 Å². The third kappa shape index (κ3) is 3.66. The molecule has 1 aromatic heterocycles. The molecular formula is C14H23N5O. The van der Waals surface area contributed by atoms with Crippen LogP contribution >= 0.6 is 0 Å². The largest absolute Gasteiger partial charge is 0.353 e. The molecule has 2 N–H and O–H groups in total. The molecule has 1 unspecified atom stereocenters. The fourth-order valence-electron chi connectivity index (χ4n) is 2.01. The van der Waals surface area contributed by atoms with Gasteiger partial charge in [0.1, 0.15) is 6.04 Å². The molecule has 1 fully saturated rings. The average Bonchev–Trinajstić information content (AvgIpc) is 2.40. The van der Waals surface area contributed by atoms with Gasteiger partial charge in [-0.3, -0.25) is 4.79 Å². The van der Waals surface area contributed by atoms with E-state index in [0.29, 0.717) is 12.5 Å². The average molecular weight is 277 g/mol. The summed E-state index contributed by atoms with van der Waals surface area (Å²) in [5.41, 5.74) is 1.11. The standard InChI is InChI=1S/C14H23N5O/c1-10-12(20)15-5-6-19(10)13-16-7-11(8-17-13)9-18-14(2,3)4/h7-8,10,18H,5-6,9H2,1-4H3,(H,15,20). The second-order valence-electron chi connectivity index (χ2n) is 6.16. The van der Waals surface area contributed by atoms with Crippen LogP contribution in [0.25, 0.3) is 0 Å². The van der Waals surface area contributed by atoms with Crippen molar-refractivity contribution >= 4 is 11.9 Å². The topological polar surface area (TPSA) is 70.2 Å². The van der Waals surface area contributed by atoms with Crippen LogP contribution in [0.3, 0.4) is 0 Å². The van der Waals surface area contributed by atoms with Crippen LogP contribution < -0.4 is 15.5 Å². The number of carbonyl (C=O) groups is 1. The van der Waals surface area contributed by atoms with Crippen molar-refractivity contribution in [2.45, 2.75) is 45.8 Å². The molecule has 2 rings (SSSR count). The summed E-state index contributed by atoms with van der Waals surface area (Å²) in [4.78, 5) is 22.3. The summed E-state index contributed by atoms with van der Waals surface area (Å²) in [6.45, 7) is 10.3. The molecule has 2 heterocycles.